The summed E-state index contributed by atoms with van der Waals surface area (Å²) in [6, 6.07) is 3.76. The van der Waals surface area contributed by atoms with E-state index in [2.05, 4.69) is 21.2 Å². The van der Waals surface area contributed by atoms with Gasteiger partial charge in [-0.25, -0.2) is 0 Å². The monoisotopic (exact) mass is 339 g/mol. The number of alkyl halides is 3. The van der Waals surface area contributed by atoms with Crippen molar-refractivity contribution in [1.29, 1.82) is 0 Å². The highest BCUT2D eigenvalue weighted by molar-refractivity contribution is 9.10. The van der Waals surface area contributed by atoms with Gasteiger partial charge in [-0.3, -0.25) is 0 Å². The Balaban J connectivity index is 2.92. The van der Waals surface area contributed by atoms with Gasteiger partial charge in [0.1, 0.15) is 5.75 Å². The van der Waals surface area contributed by atoms with Crippen LogP contribution in [0.5, 0.6) is 5.75 Å². The molecular weight excluding hydrogens is 323 g/mol. The molecule has 0 aliphatic heterocycles. The summed E-state index contributed by atoms with van der Waals surface area (Å²) >= 11 is 3.34. The molecule has 6 heteroatoms. The molecule has 0 unspecified atom stereocenters. The van der Waals surface area contributed by atoms with Crippen LogP contribution in [0.4, 0.5) is 13.2 Å². The third-order valence-electron chi connectivity index (χ3n) is 2.40. The van der Waals surface area contributed by atoms with Crippen LogP contribution in [0.25, 0.3) is 0 Å². The molecule has 0 aliphatic rings. The number of halogens is 4. The lowest BCUT2D eigenvalue weighted by molar-refractivity contribution is -0.153. The molecule has 0 heterocycles. The average Bonchev–Trinajstić information content (AvgIpc) is 2.23. The summed E-state index contributed by atoms with van der Waals surface area (Å²) in [4.78, 5) is 0. The molecule has 1 N–H and O–H groups in total. The topological polar surface area (TPSA) is 21.3 Å². The zero-order valence-electron chi connectivity index (χ0n) is 11.1. The standard InChI is InChI=1S/C13H17BrF3NO/c1-8(2)18-6-10-5-11(14)4-9(3)12(10)19-7-13(15,16)17/h4-5,8,18H,6-7H2,1-3H3. The van der Waals surface area contributed by atoms with E-state index in [9.17, 15) is 13.2 Å². The molecule has 0 aromatic heterocycles. The quantitative estimate of drug-likeness (QED) is 0.868. The van der Waals surface area contributed by atoms with Crippen LogP contribution in [-0.2, 0) is 6.54 Å². The molecular formula is C13H17BrF3NO. The van der Waals surface area contributed by atoms with Crippen molar-refractivity contribution in [2.75, 3.05) is 6.61 Å². The molecule has 0 aliphatic carbocycles. The van der Waals surface area contributed by atoms with Crippen molar-refractivity contribution in [2.24, 2.45) is 0 Å². The predicted molar refractivity (Wildman–Crippen MR) is 72.4 cm³/mol. The smallest absolute Gasteiger partial charge is 0.422 e. The number of rotatable bonds is 5. The Hall–Kier alpha value is -0.750. The van der Waals surface area contributed by atoms with E-state index in [0.29, 0.717) is 23.4 Å². The fraction of sp³-hybridized carbons (Fsp3) is 0.538. The van der Waals surface area contributed by atoms with E-state index in [1.165, 1.54) is 0 Å². The van der Waals surface area contributed by atoms with Crippen molar-refractivity contribution in [3.05, 3.63) is 27.7 Å². The van der Waals surface area contributed by atoms with Crippen molar-refractivity contribution in [3.63, 3.8) is 0 Å². The molecule has 2 nitrogen and oxygen atoms in total. The third-order valence-corrected chi connectivity index (χ3v) is 2.86. The Bertz CT molecular complexity index is 433. The summed E-state index contributed by atoms with van der Waals surface area (Å²) in [7, 11) is 0. The van der Waals surface area contributed by atoms with E-state index in [1.54, 1.807) is 19.1 Å². The van der Waals surface area contributed by atoms with E-state index >= 15 is 0 Å². The lowest BCUT2D eigenvalue weighted by atomic mass is 10.1. The van der Waals surface area contributed by atoms with E-state index in [-0.39, 0.29) is 6.04 Å². The Labute approximate surface area is 119 Å². The zero-order valence-corrected chi connectivity index (χ0v) is 12.7. The van der Waals surface area contributed by atoms with E-state index in [1.807, 2.05) is 13.8 Å². The lowest BCUT2D eigenvalue weighted by Gasteiger charge is -2.17. The maximum Gasteiger partial charge on any atom is 0.422 e. The van der Waals surface area contributed by atoms with Gasteiger partial charge in [0.15, 0.2) is 6.61 Å². The number of benzene rings is 1. The Morgan fingerprint density at radius 3 is 2.47 bits per heavy atom. The molecule has 19 heavy (non-hydrogen) atoms. The molecule has 0 atom stereocenters. The van der Waals surface area contributed by atoms with Crippen LogP contribution in [0.3, 0.4) is 0 Å². The van der Waals surface area contributed by atoms with Crippen LogP contribution < -0.4 is 10.1 Å². The van der Waals surface area contributed by atoms with Crippen molar-refractivity contribution in [2.45, 2.75) is 39.5 Å². The molecule has 1 aromatic rings. The van der Waals surface area contributed by atoms with Crippen LogP contribution >= 0.6 is 15.9 Å². The van der Waals surface area contributed by atoms with E-state index in [4.69, 9.17) is 4.74 Å². The van der Waals surface area contributed by atoms with Gasteiger partial charge < -0.3 is 10.1 Å². The highest BCUT2D eigenvalue weighted by Gasteiger charge is 2.29. The van der Waals surface area contributed by atoms with Gasteiger partial charge in [0.25, 0.3) is 0 Å². The minimum atomic E-state index is -4.33. The summed E-state index contributed by atoms with van der Waals surface area (Å²) in [5, 5.41) is 3.17. The fourth-order valence-electron chi connectivity index (χ4n) is 1.61. The third kappa shape index (κ3) is 5.82. The first kappa shape index (κ1) is 16.3. The summed E-state index contributed by atoms with van der Waals surface area (Å²) < 4.78 is 42.5. The van der Waals surface area contributed by atoms with E-state index in [0.717, 1.165) is 4.47 Å². The minimum absolute atomic E-state index is 0.245. The molecule has 0 saturated carbocycles. The van der Waals surface area contributed by atoms with Crippen molar-refractivity contribution in [3.8, 4) is 5.75 Å². The number of hydrogen-bond acceptors (Lipinski definition) is 2. The molecule has 0 spiro atoms. The molecule has 1 rings (SSSR count). The Kier molecular flexibility index (Phi) is 5.67. The predicted octanol–water partition coefficient (Wildman–Crippen LogP) is 4.20. The highest BCUT2D eigenvalue weighted by atomic mass is 79.9. The molecule has 0 radical (unpaired) electrons. The molecule has 0 fully saturated rings. The Morgan fingerprint density at radius 2 is 1.95 bits per heavy atom. The SMILES string of the molecule is Cc1cc(Br)cc(CNC(C)C)c1OCC(F)(F)F. The average molecular weight is 340 g/mol. The number of aryl methyl sites for hydroxylation is 1. The molecule has 0 amide bonds. The van der Waals surface area contributed by atoms with E-state index < -0.39 is 12.8 Å². The second-order valence-corrected chi connectivity index (χ2v) is 5.57. The van der Waals surface area contributed by atoms with Gasteiger partial charge in [-0.1, -0.05) is 29.8 Å². The first-order valence-corrected chi connectivity index (χ1v) is 6.70. The largest absolute Gasteiger partial charge is 0.484 e. The van der Waals surface area contributed by atoms with Gasteiger partial charge >= 0.3 is 6.18 Å². The van der Waals surface area contributed by atoms with Crippen LogP contribution in [-0.4, -0.2) is 18.8 Å². The first-order valence-electron chi connectivity index (χ1n) is 5.91. The van der Waals surface area contributed by atoms with Crippen LogP contribution in [0.2, 0.25) is 0 Å². The second kappa shape index (κ2) is 6.61. The van der Waals surface area contributed by atoms with Crippen LogP contribution in [0.1, 0.15) is 25.0 Å². The van der Waals surface area contributed by atoms with Gasteiger partial charge in [-0.05, 0) is 24.6 Å². The fourth-order valence-corrected chi connectivity index (χ4v) is 2.22. The molecule has 0 bridgehead atoms. The first-order chi connectivity index (χ1) is 8.69. The van der Waals surface area contributed by atoms with Crippen molar-refractivity contribution in [1.82, 2.24) is 5.32 Å². The summed E-state index contributed by atoms with van der Waals surface area (Å²) in [6.07, 6.45) is -4.33. The molecule has 108 valence electrons. The van der Waals surface area contributed by atoms with Crippen molar-refractivity contribution < 1.29 is 17.9 Å². The van der Waals surface area contributed by atoms with Gasteiger partial charge in [0.2, 0.25) is 0 Å². The van der Waals surface area contributed by atoms with Gasteiger partial charge in [-0.15, -0.1) is 0 Å². The number of hydrogen-bond donors (Lipinski definition) is 1. The maximum atomic E-state index is 12.2. The minimum Gasteiger partial charge on any atom is -0.484 e. The van der Waals surface area contributed by atoms with Crippen LogP contribution in [0.15, 0.2) is 16.6 Å². The summed E-state index contributed by atoms with van der Waals surface area (Å²) in [5.74, 6) is 0.300. The lowest BCUT2D eigenvalue weighted by Crippen LogP contribution is -2.24. The molecule has 1 aromatic carbocycles. The second-order valence-electron chi connectivity index (χ2n) is 4.65. The summed E-state index contributed by atoms with van der Waals surface area (Å²) in [5.41, 5.74) is 1.39. The van der Waals surface area contributed by atoms with Gasteiger partial charge in [-0.2, -0.15) is 13.2 Å². The van der Waals surface area contributed by atoms with Crippen LogP contribution in [0, 0.1) is 6.92 Å². The highest BCUT2D eigenvalue weighted by Crippen LogP contribution is 2.29. The zero-order chi connectivity index (χ0) is 14.6. The normalized spacial score (nSPS) is 12.0. The van der Waals surface area contributed by atoms with Crippen molar-refractivity contribution >= 4 is 15.9 Å². The van der Waals surface area contributed by atoms with Gasteiger partial charge in [0, 0.05) is 22.6 Å². The number of nitrogens with one attached hydrogen (secondary N) is 1. The Morgan fingerprint density at radius 1 is 1.32 bits per heavy atom. The van der Waals surface area contributed by atoms with Gasteiger partial charge in [0.05, 0.1) is 0 Å². The molecule has 0 saturated heterocycles. The summed E-state index contributed by atoms with van der Waals surface area (Å²) in [6.45, 7) is 4.87. The maximum absolute atomic E-state index is 12.2. The number of ether oxygens (including phenoxy) is 1.